The van der Waals surface area contributed by atoms with Crippen molar-refractivity contribution in [1.29, 1.82) is 0 Å². The minimum absolute atomic E-state index is 0.0127. The fraction of sp³-hybridized carbons (Fsp3) is 0.308. The number of rotatable bonds is 9. The molecule has 3 rings (SSSR count). The number of halogens is 2. The minimum atomic E-state index is -0.890. The van der Waals surface area contributed by atoms with E-state index in [9.17, 15) is 28.5 Å². The number of ether oxygens (including phenoxy) is 2. The maximum atomic E-state index is 14.6. The van der Waals surface area contributed by atoms with Crippen LogP contribution in [0.3, 0.4) is 0 Å². The minimum Gasteiger partial charge on any atom is -0.462 e. The van der Waals surface area contributed by atoms with Crippen molar-refractivity contribution >= 4 is 34.1 Å². The Kier molecular flexibility index (Phi) is 8.93. The number of hydrogen-bond acceptors (Lipinski definition) is 7. The van der Waals surface area contributed by atoms with Crippen molar-refractivity contribution in [3.63, 3.8) is 0 Å². The Bertz CT molecular complexity index is 1290. The molecule has 0 fully saturated rings. The number of nitro groups is 1. The van der Waals surface area contributed by atoms with Crippen LogP contribution < -0.4 is 4.90 Å². The lowest BCUT2D eigenvalue weighted by Crippen LogP contribution is -2.33. The van der Waals surface area contributed by atoms with Gasteiger partial charge in [0, 0.05) is 22.6 Å². The van der Waals surface area contributed by atoms with Crippen LogP contribution in [0.5, 0.6) is 0 Å². The molecular formula is C26H26F2N2O6S. The van der Waals surface area contributed by atoms with E-state index in [0.717, 1.165) is 28.4 Å². The number of benzene rings is 2. The van der Waals surface area contributed by atoms with E-state index in [-0.39, 0.29) is 40.9 Å². The summed E-state index contributed by atoms with van der Waals surface area (Å²) in [5.74, 6) is -2.46. The SMILES string of the molecule is CCOC(=O)c1c(N(Cc2c(F)cccc2F)C(=O)OCC(C)C)sc(-c2ccc([N+](=O)[O-])cc2)c1C. The van der Waals surface area contributed by atoms with Gasteiger partial charge in [-0.05, 0) is 55.2 Å². The molecule has 196 valence electrons. The first kappa shape index (κ1) is 27.7. The number of non-ortho nitro benzene ring substituents is 1. The monoisotopic (exact) mass is 532 g/mol. The first-order chi connectivity index (χ1) is 17.5. The Hall–Kier alpha value is -3.86. The molecule has 3 aromatic rings. The number of thiophene rings is 1. The van der Waals surface area contributed by atoms with Gasteiger partial charge in [0.1, 0.15) is 16.6 Å². The molecule has 8 nitrogen and oxygen atoms in total. The third-order valence-electron chi connectivity index (χ3n) is 5.33. The Morgan fingerprint density at radius 1 is 1.08 bits per heavy atom. The number of carbonyl (C=O) groups excluding carboxylic acids is 2. The number of nitrogens with zero attached hydrogens (tertiary/aromatic N) is 2. The second kappa shape index (κ2) is 11.9. The largest absolute Gasteiger partial charge is 0.462 e. The predicted octanol–water partition coefficient (Wildman–Crippen LogP) is 6.89. The Balaban J connectivity index is 2.19. The third-order valence-corrected chi connectivity index (χ3v) is 6.70. The second-order valence-electron chi connectivity index (χ2n) is 8.52. The van der Waals surface area contributed by atoms with Crippen LogP contribution in [0.2, 0.25) is 0 Å². The molecule has 1 aromatic heterocycles. The van der Waals surface area contributed by atoms with Gasteiger partial charge in [0.15, 0.2) is 0 Å². The van der Waals surface area contributed by atoms with E-state index in [2.05, 4.69) is 0 Å². The second-order valence-corrected chi connectivity index (χ2v) is 9.52. The van der Waals surface area contributed by atoms with Crippen molar-refractivity contribution in [1.82, 2.24) is 0 Å². The molecule has 0 aliphatic rings. The van der Waals surface area contributed by atoms with Gasteiger partial charge in [0.2, 0.25) is 0 Å². The quantitative estimate of drug-likeness (QED) is 0.169. The molecule has 2 aromatic carbocycles. The zero-order valence-electron chi connectivity index (χ0n) is 20.7. The number of anilines is 1. The average Bonchev–Trinajstić information content (AvgIpc) is 3.19. The van der Waals surface area contributed by atoms with Crippen molar-refractivity contribution in [2.45, 2.75) is 34.2 Å². The summed E-state index contributed by atoms with van der Waals surface area (Å²) in [6, 6.07) is 9.04. The summed E-state index contributed by atoms with van der Waals surface area (Å²) in [6.07, 6.45) is -0.890. The van der Waals surface area contributed by atoms with Gasteiger partial charge in [-0.25, -0.2) is 18.4 Å². The van der Waals surface area contributed by atoms with Gasteiger partial charge in [-0.3, -0.25) is 15.0 Å². The summed E-state index contributed by atoms with van der Waals surface area (Å²) in [5.41, 5.74) is 0.554. The normalized spacial score (nSPS) is 10.9. The lowest BCUT2D eigenvalue weighted by Gasteiger charge is -2.23. The molecule has 0 aliphatic carbocycles. The molecule has 11 heteroatoms. The van der Waals surface area contributed by atoms with E-state index in [1.807, 2.05) is 13.8 Å². The van der Waals surface area contributed by atoms with E-state index in [4.69, 9.17) is 9.47 Å². The van der Waals surface area contributed by atoms with Crippen molar-refractivity contribution in [2.24, 2.45) is 5.92 Å². The van der Waals surface area contributed by atoms with Crippen molar-refractivity contribution in [3.8, 4) is 10.4 Å². The van der Waals surface area contributed by atoms with Crippen LogP contribution in [-0.2, 0) is 16.0 Å². The Morgan fingerprint density at radius 3 is 2.24 bits per heavy atom. The molecule has 0 unspecified atom stereocenters. The molecule has 0 spiro atoms. The molecule has 0 radical (unpaired) electrons. The maximum absolute atomic E-state index is 14.6. The fourth-order valence-electron chi connectivity index (χ4n) is 3.52. The van der Waals surface area contributed by atoms with Crippen LogP contribution in [-0.4, -0.2) is 30.2 Å². The van der Waals surface area contributed by atoms with Gasteiger partial charge in [0.05, 0.1) is 30.2 Å². The maximum Gasteiger partial charge on any atom is 0.415 e. The first-order valence-corrected chi connectivity index (χ1v) is 12.3. The predicted molar refractivity (Wildman–Crippen MR) is 136 cm³/mol. The highest BCUT2D eigenvalue weighted by Crippen LogP contribution is 2.43. The number of amides is 1. The molecule has 0 aliphatic heterocycles. The van der Waals surface area contributed by atoms with E-state index in [0.29, 0.717) is 16.0 Å². The van der Waals surface area contributed by atoms with E-state index in [1.54, 1.807) is 13.8 Å². The van der Waals surface area contributed by atoms with Crippen molar-refractivity contribution < 1.29 is 32.8 Å². The van der Waals surface area contributed by atoms with Gasteiger partial charge >= 0.3 is 12.1 Å². The standard InChI is InChI=1S/C26H26F2N2O6S/c1-5-35-25(31)22-16(4)23(17-9-11-18(12-10-17)30(33)34)37-24(22)29(26(32)36-14-15(2)3)13-19-20(27)7-6-8-21(19)28/h6-12,15H,5,13-14H2,1-4H3. The molecular weight excluding hydrogens is 506 g/mol. The van der Waals surface area contributed by atoms with Crippen molar-refractivity contribution in [2.75, 3.05) is 18.1 Å². The Morgan fingerprint density at radius 2 is 1.70 bits per heavy atom. The summed E-state index contributed by atoms with van der Waals surface area (Å²) in [5, 5.41) is 11.1. The topological polar surface area (TPSA) is 99.0 Å². The number of carbonyl (C=O) groups is 2. The van der Waals surface area contributed by atoms with Crippen LogP contribution in [0.25, 0.3) is 10.4 Å². The number of nitro benzene ring substituents is 1. The van der Waals surface area contributed by atoms with Crippen LogP contribution in [0.1, 0.15) is 42.3 Å². The lowest BCUT2D eigenvalue weighted by atomic mass is 10.1. The highest BCUT2D eigenvalue weighted by atomic mass is 32.1. The van der Waals surface area contributed by atoms with Crippen molar-refractivity contribution in [3.05, 3.63) is 80.9 Å². The van der Waals surface area contributed by atoms with Gasteiger partial charge in [-0.1, -0.05) is 19.9 Å². The summed E-state index contributed by atoms with van der Waals surface area (Å²) in [4.78, 5) is 38.3. The summed E-state index contributed by atoms with van der Waals surface area (Å²) in [6.45, 7) is 6.50. The summed E-state index contributed by atoms with van der Waals surface area (Å²) < 4.78 is 39.8. The van der Waals surface area contributed by atoms with Crippen LogP contribution in [0.4, 0.5) is 24.3 Å². The molecule has 37 heavy (non-hydrogen) atoms. The van der Waals surface area contributed by atoms with E-state index >= 15 is 0 Å². The zero-order valence-corrected chi connectivity index (χ0v) is 21.6. The molecule has 1 heterocycles. The van der Waals surface area contributed by atoms with E-state index in [1.165, 1.54) is 30.3 Å². The highest BCUT2D eigenvalue weighted by molar-refractivity contribution is 7.20. The number of esters is 1. The summed E-state index contributed by atoms with van der Waals surface area (Å²) in [7, 11) is 0. The molecule has 0 saturated heterocycles. The fourth-order valence-corrected chi connectivity index (χ4v) is 4.81. The van der Waals surface area contributed by atoms with Gasteiger partial charge in [0.25, 0.3) is 5.69 Å². The molecule has 0 atom stereocenters. The molecule has 0 saturated carbocycles. The zero-order chi connectivity index (χ0) is 27.3. The van der Waals surface area contributed by atoms with Crippen LogP contribution in [0, 0.1) is 34.6 Å². The lowest BCUT2D eigenvalue weighted by molar-refractivity contribution is -0.384. The number of hydrogen-bond donors (Lipinski definition) is 0. The van der Waals surface area contributed by atoms with E-state index < -0.39 is 35.2 Å². The van der Waals surface area contributed by atoms with Gasteiger partial charge < -0.3 is 9.47 Å². The van der Waals surface area contributed by atoms with Gasteiger partial charge in [-0.15, -0.1) is 11.3 Å². The Labute approximate surface area is 216 Å². The molecule has 0 bridgehead atoms. The van der Waals surface area contributed by atoms with Crippen LogP contribution in [0.15, 0.2) is 42.5 Å². The highest BCUT2D eigenvalue weighted by Gasteiger charge is 2.32. The van der Waals surface area contributed by atoms with Gasteiger partial charge in [-0.2, -0.15) is 0 Å². The third kappa shape index (κ3) is 6.29. The molecule has 1 amide bonds. The first-order valence-electron chi connectivity index (χ1n) is 11.5. The molecule has 0 N–H and O–H groups in total. The summed E-state index contributed by atoms with van der Waals surface area (Å²) >= 11 is 1.02. The smallest absolute Gasteiger partial charge is 0.415 e. The van der Waals surface area contributed by atoms with Crippen LogP contribution >= 0.6 is 11.3 Å². The average molecular weight is 533 g/mol.